The lowest BCUT2D eigenvalue weighted by atomic mass is 10.1. The predicted octanol–water partition coefficient (Wildman–Crippen LogP) is 1.95. The molecular weight excluding hydrogens is 266 g/mol. The Balaban J connectivity index is 1.81. The van der Waals surface area contributed by atoms with Gasteiger partial charge in [-0.2, -0.15) is 4.68 Å². The summed E-state index contributed by atoms with van der Waals surface area (Å²) in [4.78, 5) is 16.3. The van der Waals surface area contributed by atoms with Crippen molar-refractivity contribution in [3.63, 3.8) is 0 Å². The highest BCUT2D eigenvalue weighted by Crippen LogP contribution is 2.07. The van der Waals surface area contributed by atoms with E-state index in [0.29, 0.717) is 17.1 Å². The number of rotatable bonds is 4. The van der Waals surface area contributed by atoms with Crippen LogP contribution in [-0.4, -0.2) is 31.0 Å². The minimum atomic E-state index is -0.0646. The van der Waals surface area contributed by atoms with E-state index in [1.54, 1.807) is 24.3 Å². The first-order chi connectivity index (χ1) is 10.3. The van der Waals surface area contributed by atoms with Crippen LogP contribution in [0.15, 0.2) is 60.9 Å². The number of aromatic nitrogens is 5. The largest absolute Gasteiger partial charge is 0.289 e. The van der Waals surface area contributed by atoms with Crippen molar-refractivity contribution in [3.05, 3.63) is 72.2 Å². The minimum Gasteiger partial charge on any atom is -0.289 e. The van der Waals surface area contributed by atoms with E-state index in [2.05, 4.69) is 20.5 Å². The predicted molar refractivity (Wildman–Crippen MR) is 76.8 cm³/mol. The second-order valence-corrected chi connectivity index (χ2v) is 4.24. The monoisotopic (exact) mass is 277 g/mol. The Morgan fingerprint density at radius 3 is 2.67 bits per heavy atom. The lowest BCUT2D eigenvalue weighted by Crippen LogP contribution is -1.99. The van der Waals surface area contributed by atoms with Crippen molar-refractivity contribution in [2.75, 3.05) is 0 Å². The Morgan fingerprint density at radius 2 is 1.90 bits per heavy atom. The molecule has 0 aliphatic heterocycles. The van der Waals surface area contributed by atoms with E-state index in [1.165, 1.54) is 17.1 Å². The second kappa shape index (κ2) is 5.87. The third-order valence-electron chi connectivity index (χ3n) is 2.80. The van der Waals surface area contributed by atoms with Crippen LogP contribution >= 0.6 is 0 Å². The number of benzene rings is 1. The number of nitrogens with zero attached hydrogens (tertiary/aromatic N) is 5. The first-order valence-electron chi connectivity index (χ1n) is 6.31. The SMILES string of the molecule is O=C(C=Cc1cccc(-n2cnnn2)n1)c1ccccc1. The highest BCUT2D eigenvalue weighted by Gasteiger charge is 2.02. The van der Waals surface area contributed by atoms with E-state index >= 15 is 0 Å². The average molecular weight is 277 g/mol. The molecule has 0 N–H and O–H groups in total. The van der Waals surface area contributed by atoms with Gasteiger partial charge in [0.25, 0.3) is 0 Å². The molecule has 0 amide bonds. The molecule has 1 aromatic carbocycles. The summed E-state index contributed by atoms with van der Waals surface area (Å²) in [5.74, 6) is 0.527. The van der Waals surface area contributed by atoms with E-state index in [0.717, 1.165) is 0 Å². The molecule has 0 bridgehead atoms. The van der Waals surface area contributed by atoms with Crippen molar-refractivity contribution in [2.24, 2.45) is 0 Å². The molecule has 2 heterocycles. The number of tetrazole rings is 1. The maximum atomic E-state index is 12.0. The van der Waals surface area contributed by atoms with E-state index < -0.39 is 0 Å². The maximum Gasteiger partial charge on any atom is 0.185 e. The molecule has 0 spiro atoms. The van der Waals surface area contributed by atoms with Gasteiger partial charge in [0, 0.05) is 5.56 Å². The van der Waals surface area contributed by atoms with Gasteiger partial charge in [-0.15, -0.1) is 5.10 Å². The van der Waals surface area contributed by atoms with Gasteiger partial charge < -0.3 is 0 Å². The van der Waals surface area contributed by atoms with Gasteiger partial charge in [-0.05, 0) is 34.7 Å². The zero-order valence-electron chi connectivity index (χ0n) is 11.0. The molecular formula is C15H11N5O. The summed E-state index contributed by atoms with van der Waals surface area (Å²) < 4.78 is 1.45. The second-order valence-electron chi connectivity index (χ2n) is 4.24. The summed E-state index contributed by atoms with van der Waals surface area (Å²) in [6, 6.07) is 14.5. The highest BCUT2D eigenvalue weighted by molar-refractivity contribution is 6.06. The van der Waals surface area contributed by atoms with E-state index in [4.69, 9.17) is 0 Å². The standard InChI is InChI=1S/C15H11N5O/c21-14(12-5-2-1-3-6-12)10-9-13-7-4-8-15(17-13)20-11-16-18-19-20/h1-11H. The third-order valence-corrected chi connectivity index (χ3v) is 2.80. The van der Waals surface area contributed by atoms with Gasteiger partial charge in [0.1, 0.15) is 6.33 Å². The number of hydrogen-bond acceptors (Lipinski definition) is 5. The molecule has 0 atom stereocenters. The molecule has 3 aromatic rings. The van der Waals surface area contributed by atoms with Crippen LogP contribution in [0.25, 0.3) is 11.9 Å². The summed E-state index contributed by atoms with van der Waals surface area (Å²) in [6.07, 6.45) is 4.63. The smallest absolute Gasteiger partial charge is 0.185 e. The maximum absolute atomic E-state index is 12.0. The van der Waals surface area contributed by atoms with Gasteiger partial charge in [0.05, 0.1) is 5.69 Å². The van der Waals surface area contributed by atoms with Gasteiger partial charge in [-0.3, -0.25) is 4.79 Å². The van der Waals surface area contributed by atoms with Crippen molar-refractivity contribution >= 4 is 11.9 Å². The fraction of sp³-hybridized carbons (Fsp3) is 0. The molecule has 0 saturated carbocycles. The number of allylic oxidation sites excluding steroid dienone is 1. The molecule has 3 rings (SSSR count). The Morgan fingerprint density at radius 1 is 1.05 bits per heavy atom. The fourth-order valence-corrected chi connectivity index (χ4v) is 1.79. The van der Waals surface area contributed by atoms with Gasteiger partial charge in [-0.1, -0.05) is 36.4 Å². The van der Waals surface area contributed by atoms with Crippen LogP contribution in [0.5, 0.6) is 0 Å². The van der Waals surface area contributed by atoms with E-state index in [9.17, 15) is 4.79 Å². The Hall–Kier alpha value is -3.15. The van der Waals surface area contributed by atoms with Crippen molar-refractivity contribution in [1.82, 2.24) is 25.2 Å². The molecule has 6 heteroatoms. The third kappa shape index (κ3) is 3.06. The molecule has 0 aliphatic rings. The molecule has 21 heavy (non-hydrogen) atoms. The molecule has 0 radical (unpaired) electrons. The average Bonchev–Trinajstić information content (AvgIpc) is 3.08. The first-order valence-corrected chi connectivity index (χ1v) is 6.31. The number of carbonyl (C=O) groups excluding carboxylic acids is 1. The lowest BCUT2D eigenvalue weighted by molar-refractivity contribution is 0.104. The van der Waals surface area contributed by atoms with Crippen LogP contribution in [0.3, 0.4) is 0 Å². The van der Waals surface area contributed by atoms with Crippen molar-refractivity contribution in [3.8, 4) is 5.82 Å². The molecule has 0 fully saturated rings. The topological polar surface area (TPSA) is 73.6 Å². The van der Waals surface area contributed by atoms with Crippen molar-refractivity contribution < 1.29 is 4.79 Å². The van der Waals surface area contributed by atoms with Crippen LogP contribution in [0.1, 0.15) is 16.1 Å². The summed E-state index contributed by atoms with van der Waals surface area (Å²) in [7, 11) is 0. The molecule has 0 unspecified atom stereocenters. The van der Waals surface area contributed by atoms with Crippen molar-refractivity contribution in [2.45, 2.75) is 0 Å². The molecule has 2 aromatic heterocycles. The Labute approximate surface area is 120 Å². The number of carbonyl (C=O) groups is 1. The molecule has 0 aliphatic carbocycles. The van der Waals surface area contributed by atoms with Crippen LogP contribution in [0, 0.1) is 0 Å². The zero-order valence-corrected chi connectivity index (χ0v) is 11.0. The lowest BCUT2D eigenvalue weighted by Gasteiger charge is -1.99. The van der Waals surface area contributed by atoms with E-state index in [-0.39, 0.29) is 5.78 Å². The quantitative estimate of drug-likeness (QED) is 0.538. The molecule has 6 nitrogen and oxygen atoms in total. The zero-order chi connectivity index (χ0) is 14.5. The van der Waals surface area contributed by atoms with Crippen LogP contribution in [0.4, 0.5) is 0 Å². The van der Waals surface area contributed by atoms with Gasteiger partial charge >= 0.3 is 0 Å². The first kappa shape index (κ1) is 12.9. The summed E-state index contributed by atoms with van der Waals surface area (Å²) in [5, 5.41) is 10.9. The number of pyridine rings is 1. The Bertz CT molecular complexity index is 766. The highest BCUT2D eigenvalue weighted by atomic mass is 16.1. The van der Waals surface area contributed by atoms with E-state index in [1.807, 2.05) is 30.3 Å². The molecule has 102 valence electrons. The van der Waals surface area contributed by atoms with Gasteiger partial charge in [0.15, 0.2) is 11.6 Å². The van der Waals surface area contributed by atoms with Crippen LogP contribution < -0.4 is 0 Å². The fourth-order valence-electron chi connectivity index (χ4n) is 1.79. The summed E-state index contributed by atoms with van der Waals surface area (Å²) in [5.41, 5.74) is 1.30. The van der Waals surface area contributed by atoms with Gasteiger partial charge in [0.2, 0.25) is 0 Å². The number of ketones is 1. The minimum absolute atomic E-state index is 0.0646. The summed E-state index contributed by atoms with van der Waals surface area (Å²) >= 11 is 0. The molecule has 0 saturated heterocycles. The Kier molecular flexibility index (Phi) is 3.60. The van der Waals surface area contributed by atoms with Gasteiger partial charge in [-0.25, -0.2) is 4.98 Å². The number of hydrogen-bond donors (Lipinski definition) is 0. The summed E-state index contributed by atoms with van der Waals surface area (Å²) in [6.45, 7) is 0. The van der Waals surface area contributed by atoms with Crippen LogP contribution in [0.2, 0.25) is 0 Å². The van der Waals surface area contributed by atoms with Crippen LogP contribution in [-0.2, 0) is 0 Å². The van der Waals surface area contributed by atoms with Crippen molar-refractivity contribution in [1.29, 1.82) is 0 Å². The normalized spacial score (nSPS) is 10.9.